The van der Waals surface area contributed by atoms with Crippen molar-refractivity contribution >= 4 is 16.9 Å². The number of methoxy groups -OCH3 is 1. The molecule has 0 aliphatic heterocycles. The van der Waals surface area contributed by atoms with Crippen molar-refractivity contribution in [3.05, 3.63) is 75.6 Å². The van der Waals surface area contributed by atoms with Gasteiger partial charge >= 0.3 is 5.97 Å². The summed E-state index contributed by atoms with van der Waals surface area (Å²) >= 11 is 0. The Labute approximate surface area is 153 Å². The third-order valence-corrected chi connectivity index (χ3v) is 4.13. The second-order valence-electron chi connectivity index (χ2n) is 5.82. The molecular formula is C20H17F2NO4. The topological polar surface area (TPSA) is 57.5 Å². The SMILES string of the molecule is CCOC(=O)c1cn(Cc2ccc(OC)cc2)c2c(F)ccc(F)c2c1=O. The van der Waals surface area contributed by atoms with Crippen molar-refractivity contribution in [2.75, 3.05) is 13.7 Å². The first-order valence-corrected chi connectivity index (χ1v) is 8.27. The molecule has 2 aromatic carbocycles. The van der Waals surface area contributed by atoms with Crippen LogP contribution in [0, 0.1) is 11.6 Å². The van der Waals surface area contributed by atoms with E-state index in [0.29, 0.717) is 5.75 Å². The first kappa shape index (κ1) is 18.6. The van der Waals surface area contributed by atoms with E-state index in [9.17, 15) is 18.4 Å². The Balaban J connectivity index is 2.22. The van der Waals surface area contributed by atoms with Crippen LogP contribution in [0.15, 0.2) is 47.4 Å². The molecule has 0 atom stereocenters. The quantitative estimate of drug-likeness (QED) is 0.642. The molecule has 7 heteroatoms. The molecule has 0 amide bonds. The predicted octanol–water partition coefficient (Wildman–Crippen LogP) is 3.51. The fourth-order valence-corrected chi connectivity index (χ4v) is 2.86. The molecule has 0 aliphatic carbocycles. The van der Waals surface area contributed by atoms with Gasteiger partial charge in [-0.1, -0.05) is 12.1 Å². The predicted molar refractivity (Wildman–Crippen MR) is 96.2 cm³/mol. The second kappa shape index (κ2) is 7.57. The Morgan fingerprint density at radius 1 is 1.07 bits per heavy atom. The first-order chi connectivity index (χ1) is 13.0. The van der Waals surface area contributed by atoms with Crippen LogP contribution in [0.2, 0.25) is 0 Å². The maximum atomic E-state index is 14.4. The first-order valence-electron chi connectivity index (χ1n) is 8.27. The van der Waals surface area contributed by atoms with Crippen LogP contribution in [0.25, 0.3) is 10.9 Å². The van der Waals surface area contributed by atoms with E-state index in [1.165, 1.54) is 17.9 Å². The van der Waals surface area contributed by atoms with Crippen molar-refractivity contribution in [3.8, 4) is 5.75 Å². The van der Waals surface area contributed by atoms with Crippen LogP contribution < -0.4 is 10.2 Å². The van der Waals surface area contributed by atoms with Crippen molar-refractivity contribution in [2.45, 2.75) is 13.5 Å². The summed E-state index contributed by atoms with van der Waals surface area (Å²) in [5, 5.41) is -0.478. The van der Waals surface area contributed by atoms with Crippen LogP contribution in [0.4, 0.5) is 8.78 Å². The van der Waals surface area contributed by atoms with E-state index in [2.05, 4.69) is 0 Å². The number of carbonyl (C=O) groups excluding carboxylic acids is 1. The van der Waals surface area contributed by atoms with Crippen LogP contribution in [-0.2, 0) is 11.3 Å². The minimum Gasteiger partial charge on any atom is -0.497 e. The van der Waals surface area contributed by atoms with Crippen LogP contribution in [0.3, 0.4) is 0 Å². The number of pyridine rings is 1. The lowest BCUT2D eigenvalue weighted by molar-refractivity contribution is 0.0524. The van der Waals surface area contributed by atoms with E-state index in [0.717, 1.165) is 17.7 Å². The van der Waals surface area contributed by atoms with Crippen molar-refractivity contribution in [3.63, 3.8) is 0 Å². The molecule has 0 N–H and O–H groups in total. The number of ether oxygens (including phenoxy) is 2. The zero-order chi connectivity index (χ0) is 19.6. The van der Waals surface area contributed by atoms with Gasteiger partial charge in [-0.15, -0.1) is 0 Å². The maximum absolute atomic E-state index is 14.4. The highest BCUT2D eigenvalue weighted by atomic mass is 19.1. The van der Waals surface area contributed by atoms with E-state index in [-0.39, 0.29) is 24.2 Å². The summed E-state index contributed by atoms with van der Waals surface area (Å²) in [5.41, 5.74) is -0.697. The van der Waals surface area contributed by atoms with Crippen molar-refractivity contribution in [1.29, 1.82) is 0 Å². The minimum absolute atomic E-state index is 0.0560. The molecule has 140 valence electrons. The van der Waals surface area contributed by atoms with Gasteiger partial charge < -0.3 is 14.0 Å². The van der Waals surface area contributed by atoms with Gasteiger partial charge in [0, 0.05) is 12.7 Å². The molecule has 0 fully saturated rings. The van der Waals surface area contributed by atoms with Crippen LogP contribution in [0.1, 0.15) is 22.8 Å². The number of fused-ring (bicyclic) bond motifs is 1. The molecule has 1 aromatic heterocycles. The Morgan fingerprint density at radius 2 is 1.74 bits per heavy atom. The van der Waals surface area contributed by atoms with Crippen LogP contribution in [0.5, 0.6) is 5.75 Å². The maximum Gasteiger partial charge on any atom is 0.343 e. The largest absolute Gasteiger partial charge is 0.497 e. The molecular weight excluding hydrogens is 356 g/mol. The third kappa shape index (κ3) is 3.53. The van der Waals surface area contributed by atoms with Crippen LogP contribution >= 0.6 is 0 Å². The minimum atomic E-state index is -0.897. The van der Waals surface area contributed by atoms with E-state index < -0.39 is 28.4 Å². The Kier molecular flexibility index (Phi) is 5.21. The summed E-state index contributed by atoms with van der Waals surface area (Å²) in [6.45, 7) is 1.77. The van der Waals surface area contributed by atoms with Crippen molar-refractivity contribution in [2.24, 2.45) is 0 Å². The van der Waals surface area contributed by atoms with Gasteiger partial charge in [0.25, 0.3) is 0 Å². The fourth-order valence-electron chi connectivity index (χ4n) is 2.86. The van der Waals surface area contributed by atoms with Gasteiger partial charge in [0.15, 0.2) is 0 Å². The molecule has 3 rings (SSSR count). The average molecular weight is 373 g/mol. The number of benzene rings is 2. The highest BCUT2D eigenvalue weighted by Gasteiger charge is 2.21. The number of nitrogens with zero attached hydrogens (tertiary/aromatic N) is 1. The standard InChI is InChI=1S/C20H17F2NO4/c1-3-27-20(25)14-11-23(10-12-4-6-13(26-2)7-5-12)18-16(22)9-8-15(21)17(18)19(14)24/h4-9,11H,3,10H2,1-2H3. The zero-order valence-electron chi connectivity index (χ0n) is 14.8. The summed E-state index contributed by atoms with van der Waals surface area (Å²) in [4.78, 5) is 24.7. The summed E-state index contributed by atoms with van der Waals surface area (Å²) in [7, 11) is 1.54. The molecule has 0 aliphatic rings. The molecule has 27 heavy (non-hydrogen) atoms. The van der Waals surface area contributed by atoms with E-state index in [1.807, 2.05) is 0 Å². The fraction of sp³-hybridized carbons (Fsp3) is 0.200. The lowest BCUT2D eigenvalue weighted by Gasteiger charge is -2.14. The number of hydrogen-bond donors (Lipinski definition) is 0. The van der Waals surface area contributed by atoms with E-state index >= 15 is 0 Å². The number of aromatic nitrogens is 1. The van der Waals surface area contributed by atoms with Gasteiger partial charge in [0.2, 0.25) is 5.43 Å². The highest BCUT2D eigenvalue weighted by molar-refractivity contribution is 5.94. The number of carbonyl (C=O) groups is 1. The van der Waals surface area contributed by atoms with Gasteiger partial charge in [-0.05, 0) is 36.8 Å². The number of rotatable bonds is 5. The molecule has 3 aromatic rings. The van der Waals surface area contributed by atoms with E-state index in [1.54, 1.807) is 31.2 Å². The monoisotopic (exact) mass is 373 g/mol. The highest BCUT2D eigenvalue weighted by Crippen LogP contribution is 2.21. The van der Waals surface area contributed by atoms with Gasteiger partial charge in [0.05, 0.1) is 24.6 Å². The Bertz CT molecular complexity index is 1060. The van der Waals surface area contributed by atoms with Crippen molar-refractivity contribution in [1.82, 2.24) is 4.57 Å². The van der Waals surface area contributed by atoms with Crippen molar-refractivity contribution < 1.29 is 23.0 Å². The number of hydrogen-bond acceptors (Lipinski definition) is 4. The second-order valence-corrected chi connectivity index (χ2v) is 5.82. The molecule has 0 spiro atoms. The van der Waals surface area contributed by atoms with Gasteiger partial charge in [-0.2, -0.15) is 0 Å². The molecule has 0 bridgehead atoms. The summed E-state index contributed by atoms with van der Waals surface area (Å²) in [6.07, 6.45) is 1.20. The van der Waals surface area contributed by atoms with Crippen LogP contribution in [-0.4, -0.2) is 24.3 Å². The zero-order valence-corrected chi connectivity index (χ0v) is 14.8. The average Bonchev–Trinajstić information content (AvgIpc) is 2.66. The summed E-state index contributed by atoms with van der Waals surface area (Å²) < 4.78 is 40.1. The number of halogens is 2. The Hall–Kier alpha value is -3.22. The normalized spacial score (nSPS) is 10.8. The smallest absolute Gasteiger partial charge is 0.343 e. The van der Waals surface area contributed by atoms with Gasteiger partial charge in [-0.25, -0.2) is 13.6 Å². The molecule has 0 unspecified atom stereocenters. The van der Waals surface area contributed by atoms with Gasteiger partial charge in [-0.3, -0.25) is 4.79 Å². The van der Waals surface area contributed by atoms with Gasteiger partial charge in [0.1, 0.15) is 22.9 Å². The summed E-state index contributed by atoms with van der Waals surface area (Å²) in [6, 6.07) is 8.78. The van der Waals surface area contributed by atoms with E-state index in [4.69, 9.17) is 9.47 Å². The lowest BCUT2D eigenvalue weighted by atomic mass is 10.1. The molecule has 0 saturated heterocycles. The third-order valence-electron chi connectivity index (χ3n) is 4.13. The molecule has 5 nitrogen and oxygen atoms in total. The summed E-state index contributed by atoms with van der Waals surface area (Å²) in [5.74, 6) is -1.89. The molecule has 0 saturated carbocycles. The number of esters is 1. The Morgan fingerprint density at radius 3 is 2.37 bits per heavy atom. The molecule has 1 heterocycles. The molecule has 0 radical (unpaired) electrons. The lowest BCUT2D eigenvalue weighted by Crippen LogP contribution is -2.22.